The van der Waals surface area contributed by atoms with E-state index in [1.165, 1.54) is 30.6 Å². The molecule has 2 N–H and O–H groups in total. The first-order chi connectivity index (χ1) is 11.0. The number of rotatable bonds is 4. The van der Waals surface area contributed by atoms with Gasteiger partial charge < -0.3 is 10.6 Å². The number of nitrogens with zero attached hydrogens (tertiary/aromatic N) is 1. The third-order valence-electron chi connectivity index (χ3n) is 5.80. The predicted molar refractivity (Wildman–Crippen MR) is 89.1 cm³/mol. The summed E-state index contributed by atoms with van der Waals surface area (Å²) in [7, 11) is 0. The van der Waals surface area contributed by atoms with Crippen molar-refractivity contribution in [3.8, 4) is 0 Å². The molecule has 0 aliphatic heterocycles. The molecule has 23 heavy (non-hydrogen) atoms. The number of anilines is 1. The van der Waals surface area contributed by atoms with Crippen LogP contribution in [0.3, 0.4) is 0 Å². The third-order valence-corrected chi connectivity index (χ3v) is 6.63. The fraction of sp³-hybridized carbons (Fsp3) is 0.706. The van der Waals surface area contributed by atoms with E-state index in [1.807, 2.05) is 6.92 Å². The summed E-state index contributed by atoms with van der Waals surface area (Å²) >= 11 is 1.44. The van der Waals surface area contributed by atoms with E-state index >= 15 is 0 Å². The average Bonchev–Trinajstić information content (AvgIpc) is 2.88. The molecule has 4 aliphatic carbocycles. The summed E-state index contributed by atoms with van der Waals surface area (Å²) in [5, 5.41) is 6.23. The van der Waals surface area contributed by atoms with Crippen molar-refractivity contribution in [3.05, 3.63) is 11.1 Å². The van der Waals surface area contributed by atoms with Crippen LogP contribution < -0.4 is 10.6 Å². The van der Waals surface area contributed by atoms with Crippen LogP contribution in [0.1, 0.15) is 43.4 Å². The minimum absolute atomic E-state index is 0.0409. The van der Waals surface area contributed by atoms with Crippen molar-refractivity contribution in [1.29, 1.82) is 0 Å². The Morgan fingerprint density at radius 2 is 1.83 bits per heavy atom. The highest BCUT2D eigenvalue weighted by molar-refractivity contribution is 7.15. The summed E-state index contributed by atoms with van der Waals surface area (Å²) in [6.07, 6.45) is 8.76. The largest absolute Gasteiger partial charge is 0.347 e. The van der Waals surface area contributed by atoms with E-state index in [0.29, 0.717) is 5.13 Å². The molecule has 0 aromatic carbocycles. The SMILES string of the molecule is Cc1cnc(NC(=O)CNC(=O)C23CC4CC(CC(C4)C2)C3)s1. The van der Waals surface area contributed by atoms with E-state index in [1.54, 1.807) is 6.20 Å². The highest BCUT2D eigenvalue weighted by Gasteiger charge is 2.54. The Kier molecular flexibility index (Phi) is 3.67. The van der Waals surface area contributed by atoms with Crippen LogP contribution in [0, 0.1) is 30.1 Å². The van der Waals surface area contributed by atoms with Gasteiger partial charge in [-0.2, -0.15) is 0 Å². The van der Waals surface area contributed by atoms with Crippen LogP contribution in [0.25, 0.3) is 0 Å². The van der Waals surface area contributed by atoms with E-state index in [-0.39, 0.29) is 23.8 Å². The number of aryl methyl sites for hydroxylation is 1. The standard InChI is InChI=1S/C17H23N3O2S/c1-10-8-19-16(23-10)20-14(21)9-18-15(22)17-5-11-2-12(6-17)4-13(3-11)7-17/h8,11-13H,2-7,9H2,1H3,(H,18,22)(H,19,20,21). The van der Waals surface area contributed by atoms with Gasteiger partial charge in [0.1, 0.15) is 0 Å². The Hall–Kier alpha value is -1.43. The first-order valence-electron chi connectivity index (χ1n) is 8.53. The summed E-state index contributed by atoms with van der Waals surface area (Å²) in [4.78, 5) is 29.9. The van der Waals surface area contributed by atoms with Gasteiger partial charge in [0.05, 0.1) is 6.54 Å². The minimum atomic E-state index is -0.197. The number of thiazole rings is 1. The van der Waals surface area contributed by atoms with Crippen molar-refractivity contribution < 1.29 is 9.59 Å². The first-order valence-corrected chi connectivity index (χ1v) is 9.35. The van der Waals surface area contributed by atoms with Crippen molar-refractivity contribution in [2.24, 2.45) is 23.2 Å². The van der Waals surface area contributed by atoms with Gasteiger partial charge in [-0.15, -0.1) is 11.3 Å². The summed E-state index contributed by atoms with van der Waals surface area (Å²) < 4.78 is 0. The lowest BCUT2D eigenvalue weighted by molar-refractivity contribution is -0.146. The van der Waals surface area contributed by atoms with E-state index < -0.39 is 0 Å². The number of hydrogen-bond donors (Lipinski definition) is 2. The molecular formula is C17H23N3O2S. The molecular weight excluding hydrogens is 310 g/mol. The van der Waals surface area contributed by atoms with E-state index in [4.69, 9.17) is 0 Å². The molecule has 4 bridgehead atoms. The Balaban J connectivity index is 1.34. The fourth-order valence-corrected chi connectivity index (χ4v) is 5.99. The fourth-order valence-electron chi connectivity index (χ4n) is 5.31. The zero-order valence-corrected chi connectivity index (χ0v) is 14.2. The maximum absolute atomic E-state index is 12.8. The van der Waals surface area contributed by atoms with E-state index in [0.717, 1.165) is 41.9 Å². The monoisotopic (exact) mass is 333 g/mol. The second kappa shape index (κ2) is 5.58. The lowest BCUT2D eigenvalue weighted by Crippen LogP contribution is -2.54. The van der Waals surface area contributed by atoms with Gasteiger partial charge in [-0.05, 0) is 63.2 Å². The maximum atomic E-state index is 12.8. The smallest absolute Gasteiger partial charge is 0.245 e. The van der Waals surface area contributed by atoms with Gasteiger partial charge in [-0.25, -0.2) is 4.98 Å². The van der Waals surface area contributed by atoms with Crippen LogP contribution in [0.2, 0.25) is 0 Å². The average molecular weight is 333 g/mol. The van der Waals surface area contributed by atoms with Gasteiger partial charge in [-0.3, -0.25) is 9.59 Å². The van der Waals surface area contributed by atoms with Crippen molar-refractivity contribution >= 4 is 28.3 Å². The second-order valence-corrected chi connectivity index (χ2v) is 8.94. The number of carbonyl (C=O) groups excluding carboxylic acids is 2. The number of carbonyl (C=O) groups is 2. The molecule has 5 nitrogen and oxygen atoms in total. The van der Waals surface area contributed by atoms with Crippen LogP contribution in [0.5, 0.6) is 0 Å². The quantitative estimate of drug-likeness (QED) is 0.890. The minimum Gasteiger partial charge on any atom is -0.347 e. The van der Waals surface area contributed by atoms with Crippen LogP contribution >= 0.6 is 11.3 Å². The lowest BCUT2D eigenvalue weighted by atomic mass is 9.49. The molecule has 0 spiro atoms. The molecule has 0 unspecified atom stereocenters. The molecule has 5 rings (SSSR count). The maximum Gasteiger partial charge on any atom is 0.245 e. The molecule has 6 heteroatoms. The molecule has 4 aliphatic rings. The van der Waals surface area contributed by atoms with Crippen LogP contribution in [-0.4, -0.2) is 23.3 Å². The van der Waals surface area contributed by atoms with Crippen molar-refractivity contribution in [2.75, 3.05) is 11.9 Å². The van der Waals surface area contributed by atoms with E-state index in [2.05, 4.69) is 15.6 Å². The topological polar surface area (TPSA) is 71.1 Å². The van der Waals surface area contributed by atoms with Gasteiger partial charge in [0.25, 0.3) is 0 Å². The summed E-state index contributed by atoms with van der Waals surface area (Å²) in [5.41, 5.74) is -0.188. The summed E-state index contributed by atoms with van der Waals surface area (Å²) in [6.45, 7) is 1.99. The summed E-state index contributed by atoms with van der Waals surface area (Å²) in [6, 6.07) is 0. The summed E-state index contributed by atoms with van der Waals surface area (Å²) in [5.74, 6) is 2.11. The Labute approximate surface area is 140 Å². The van der Waals surface area contributed by atoms with Gasteiger partial charge >= 0.3 is 0 Å². The molecule has 0 atom stereocenters. The number of hydrogen-bond acceptors (Lipinski definition) is 4. The molecule has 1 aromatic heterocycles. The van der Waals surface area contributed by atoms with Gasteiger partial charge in [0, 0.05) is 16.5 Å². The van der Waals surface area contributed by atoms with Crippen molar-refractivity contribution in [1.82, 2.24) is 10.3 Å². The van der Waals surface area contributed by atoms with Crippen molar-refractivity contribution in [2.45, 2.75) is 45.4 Å². The second-order valence-electron chi connectivity index (χ2n) is 7.70. The highest BCUT2D eigenvalue weighted by atomic mass is 32.1. The Bertz CT molecular complexity index is 604. The number of amides is 2. The molecule has 4 saturated carbocycles. The number of aromatic nitrogens is 1. The molecule has 0 radical (unpaired) electrons. The molecule has 124 valence electrons. The Morgan fingerprint density at radius 3 is 2.35 bits per heavy atom. The van der Waals surface area contributed by atoms with Gasteiger partial charge in [0.15, 0.2) is 5.13 Å². The van der Waals surface area contributed by atoms with Gasteiger partial charge in [-0.1, -0.05) is 0 Å². The van der Waals surface area contributed by atoms with Crippen LogP contribution in [-0.2, 0) is 9.59 Å². The predicted octanol–water partition coefficient (Wildman–Crippen LogP) is 2.72. The molecule has 4 fully saturated rings. The normalized spacial score (nSPS) is 34.4. The third kappa shape index (κ3) is 2.89. The molecule has 2 amide bonds. The molecule has 0 saturated heterocycles. The highest BCUT2D eigenvalue weighted by Crippen LogP contribution is 2.60. The van der Waals surface area contributed by atoms with E-state index in [9.17, 15) is 9.59 Å². The van der Waals surface area contributed by atoms with Gasteiger partial charge in [0.2, 0.25) is 11.8 Å². The van der Waals surface area contributed by atoms with Crippen LogP contribution in [0.4, 0.5) is 5.13 Å². The lowest BCUT2D eigenvalue weighted by Gasteiger charge is -2.55. The zero-order valence-electron chi connectivity index (χ0n) is 13.4. The Morgan fingerprint density at radius 1 is 1.22 bits per heavy atom. The number of nitrogens with one attached hydrogen (secondary N) is 2. The molecule has 1 heterocycles. The zero-order chi connectivity index (χ0) is 16.0. The van der Waals surface area contributed by atoms with Crippen molar-refractivity contribution in [3.63, 3.8) is 0 Å². The first kappa shape index (κ1) is 15.1. The molecule has 1 aromatic rings. The van der Waals surface area contributed by atoms with Crippen LogP contribution in [0.15, 0.2) is 6.20 Å².